The fourth-order valence-electron chi connectivity index (χ4n) is 2.11. The van der Waals surface area contributed by atoms with Crippen LogP contribution in [-0.4, -0.2) is 9.97 Å². The van der Waals surface area contributed by atoms with E-state index >= 15 is 0 Å². The standard InChI is InChI=1S/C16H12Cl2N2/c1-9-6-7-11(8-10(9)2)16-19-13-5-3-4-12(17)14(13)15(18)20-16/h3-8H,1-2H3. The predicted molar refractivity (Wildman–Crippen MR) is 84.5 cm³/mol. The summed E-state index contributed by atoms with van der Waals surface area (Å²) in [5, 5.41) is 1.65. The lowest BCUT2D eigenvalue weighted by molar-refractivity contribution is 1.22. The number of hydrogen-bond acceptors (Lipinski definition) is 2. The van der Waals surface area contributed by atoms with Gasteiger partial charge >= 0.3 is 0 Å². The predicted octanol–water partition coefficient (Wildman–Crippen LogP) is 5.22. The van der Waals surface area contributed by atoms with Gasteiger partial charge in [-0.25, -0.2) is 9.97 Å². The van der Waals surface area contributed by atoms with E-state index < -0.39 is 0 Å². The summed E-state index contributed by atoms with van der Waals surface area (Å²) in [6, 6.07) is 11.7. The molecular weight excluding hydrogens is 291 g/mol. The van der Waals surface area contributed by atoms with Crippen LogP contribution in [0.4, 0.5) is 0 Å². The molecule has 0 atom stereocenters. The molecule has 0 aliphatic heterocycles. The quantitative estimate of drug-likeness (QED) is 0.576. The van der Waals surface area contributed by atoms with Gasteiger partial charge in [0, 0.05) is 5.56 Å². The van der Waals surface area contributed by atoms with Crippen molar-refractivity contribution in [2.45, 2.75) is 13.8 Å². The first-order valence-corrected chi connectivity index (χ1v) is 7.01. The van der Waals surface area contributed by atoms with Gasteiger partial charge in [-0.3, -0.25) is 0 Å². The monoisotopic (exact) mass is 302 g/mol. The molecule has 0 bridgehead atoms. The Kier molecular flexibility index (Phi) is 3.36. The first-order valence-electron chi connectivity index (χ1n) is 6.25. The molecule has 0 aliphatic rings. The molecule has 0 saturated heterocycles. The van der Waals surface area contributed by atoms with Crippen LogP contribution in [0.2, 0.25) is 10.2 Å². The van der Waals surface area contributed by atoms with Crippen molar-refractivity contribution in [1.29, 1.82) is 0 Å². The highest BCUT2D eigenvalue weighted by atomic mass is 35.5. The lowest BCUT2D eigenvalue weighted by Crippen LogP contribution is -1.93. The molecule has 2 aromatic carbocycles. The number of aromatic nitrogens is 2. The van der Waals surface area contributed by atoms with Crippen molar-refractivity contribution in [2.24, 2.45) is 0 Å². The summed E-state index contributed by atoms with van der Waals surface area (Å²) in [6.07, 6.45) is 0. The Labute approximate surface area is 127 Å². The number of nitrogens with zero attached hydrogens (tertiary/aromatic N) is 2. The Morgan fingerprint density at radius 1 is 0.900 bits per heavy atom. The molecule has 0 saturated carbocycles. The van der Waals surface area contributed by atoms with Gasteiger partial charge in [-0.05, 0) is 43.2 Å². The molecule has 4 heteroatoms. The van der Waals surface area contributed by atoms with Crippen molar-refractivity contribution in [1.82, 2.24) is 9.97 Å². The largest absolute Gasteiger partial charge is 0.228 e. The highest BCUT2D eigenvalue weighted by Crippen LogP contribution is 2.30. The zero-order valence-corrected chi connectivity index (χ0v) is 12.6. The first-order chi connectivity index (χ1) is 9.56. The minimum absolute atomic E-state index is 0.383. The Balaban J connectivity index is 2.25. The summed E-state index contributed by atoms with van der Waals surface area (Å²) in [7, 11) is 0. The van der Waals surface area contributed by atoms with Gasteiger partial charge in [-0.1, -0.05) is 41.4 Å². The molecule has 0 radical (unpaired) electrons. The highest BCUT2D eigenvalue weighted by Gasteiger charge is 2.10. The average Bonchev–Trinajstić information content (AvgIpc) is 2.41. The second kappa shape index (κ2) is 5.04. The molecule has 0 aliphatic carbocycles. The maximum Gasteiger partial charge on any atom is 0.161 e. The molecule has 0 spiro atoms. The number of fused-ring (bicyclic) bond motifs is 1. The number of hydrogen-bond donors (Lipinski definition) is 0. The third kappa shape index (κ3) is 2.26. The van der Waals surface area contributed by atoms with Crippen molar-refractivity contribution < 1.29 is 0 Å². The molecule has 0 N–H and O–H groups in total. The smallest absolute Gasteiger partial charge is 0.161 e. The van der Waals surface area contributed by atoms with Crippen molar-refractivity contribution in [2.75, 3.05) is 0 Å². The molecule has 1 aromatic heterocycles. The molecule has 0 fully saturated rings. The molecule has 2 nitrogen and oxygen atoms in total. The second-order valence-corrected chi connectivity index (χ2v) is 5.54. The van der Waals surface area contributed by atoms with E-state index in [2.05, 4.69) is 35.9 Å². The van der Waals surface area contributed by atoms with E-state index in [9.17, 15) is 0 Å². The normalized spacial score (nSPS) is 11.0. The summed E-state index contributed by atoms with van der Waals surface area (Å²) in [5.74, 6) is 0.618. The van der Waals surface area contributed by atoms with Crippen LogP contribution in [0.25, 0.3) is 22.3 Å². The third-order valence-electron chi connectivity index (χ3n) is 3.39. The van der Waals surface area contributed by atoms with Crippen molar-refractivity contribution >= 4 is 34.1 Å². The fraction of sp³-hybridized carbons (Fsp3) is 0.125. The van der Waals surface area contributed by atoms with Gasteiger partial charge in [0.15, 0.2) is 5.82 Å². The molecule has 20 heavy (non-hydrogen) atoms. The van der Waals surface area contributed by atoms with E-state index in [1.807, 2.05) is 18.2 Å². The number of benzene rings is 2. The number of halogens is 2. The number of rotatable bonds is 1. The van der Waals surface area contributed by atoms with Gasteiger partial charge < -0.3 is 0 Å². The van der Waals surface area contributed by atoms with Gasteiger partial charge in [0.2, 0.25) is 0 Å². The maximum absolute atomic E-state index is 6.25. The zero-order valence-electron chi connectivity index (χ0n) is 11.1. The van der Waals surface area contributed by atoms with Gasteiger partial charge in [0.25, 0.3) is 0 Å². The molecule has 1 heterocycles. The van der Waals surface area contributed by atoms with Crippen molar-refractivity contribution in [3.8, 4) is 11.4 Å². The van der Waals surface area contributed by atoms with Crippen LogP contribution in [0.1, 0.15) is 11.1 Å². The van der Waals surface area contributed by atoms with E-state index in [0.29, 0.717) is 21.4 Å². The molecule has 0 unspecified atom stereocenters. The van der Waals surface area contributed by atoms with Crippen molar-refractivity contribution in [3.05, 3.63) is 57.7 Å². The molecular formula is C16H12Cl2N2. The average molecular weight is 303 g/mol. The minimum atomic E-state index is 0.383. The van der Waals surface area contributed by atoms with Gasteiger partial charge in [0.1, 0.15) is 5.15 Å². The van der Waals surface area contributed by atoms with Crippen LogP contribution in [0, 0.1) is 13.8 Å². The highest BCUT2D eigenvalue weighted by molar-refractivity contribution is 6.41. The van der Waals surface area contributed by atoms with Gasteiger partial charge in [-0.2, -0.15) is 0 Å². The van der Waals surface area contributed by atoms with Crippen LogP contribution in [0.15, 0.2) is 36.4 Å². The lowest BCUT2D eigenvalue weighted by atomic mass is 10.1. The van der Waals surface area contributed by atoms with E-state index in [1.54, 1.807) is 6.07 Å². The van der Waals surface area contributed by atoms with Crippen LogP contribution in [0.5, 0.6) is 0 Å². The lowest BCUT2D eigenvalue weighted by Gasteiger charge is -2.07. The second-order valence-electron chi connectivity index (χ2n) is 4.77. The maximum atomic E-state index is 6.25. The summed E-state index contributed by atoms with van der Waals surface area (Å²) in [4.78, 5) is 8.93. The van der Waals surface area contributed by atoms with Crippen LogP contribution < -0.4 is 0 Å². The van der Waals surface area contributed by atoms with E-state index in [4.69, 9.17) is 23.2 Å². The van der Waals surface area contributed by atoms with Crippen LogP contribution in [0.3, 0.4) is 0 Å². The Morgan fingerprint density at radius 2 is 1.70 bits per heavy atom. The zero-order chi connectivity index (χ0) is 14.3. The SMILES string of the molecule is Cc1ccc(-c2nc(Cl)c3c(Cl)cccc3n2)cc1C. The number of aryl methyl sites for hydroxylation is 2. The molecule has 0 amide bonds. The fourth-order valence-corrected chi connectivity index (χ4v) is 2.69. The molecule has 3 rings (SSSR count). The van der Waals surface area contributed by atoms with Gasteiger partial charge in [-0.15, -0.1) is 0 Å². The summed E-state index contributed by atoms with van der Waals surface area (Å²) in [5.41, 5.74) is 4.15. The minimum Gasteiger partial charge on any atom is -0.228 e. The summed E-state index contributed by atoms with van der Waals surface area (Å²) >= 11 is 12.4. The van der Waals surface area contributed by atoms with Crippen LogP contribution >= 0.6 is 23.2 Å². The van der Waals surface area contributed by atoms with E-state index in [1.165, 1.54) is 11.1 Å². The topological polar surface area (TPSA) is 25.8 Å². The van der Waals surface area contributed by atoms with Gasteiger partial charge in [0.05, 0.1) is 15.9 Å². The molecule has 100 valence electrons. The van der Waals surface area contributed by atoms with Crippen LogP contribution in [-0.2, 0) is 0 Å². The molecule has 3 aromatic rings. The summed E-state index contributed by atoms with van der Waals surface area (Å²) < 4.78 is 0. The Hall–Kier alpha value is -1.64. The van der Waals surface area contributed by atoms with E-state index in [0.717, 1.165) is 11.1 Å². The third-order valence-corrected chi connectivity index (χ3v) is 3.98. The Morgan fingerprint density at radius 3 is 2.45 bits per heavy atom. The first kappa shape index (κ1) is 13.3. The van der Waals surface area contributed by atoms with E-state index in [-0.39, 0.29) is 0 Å². The Bertz CT molecular complexity index is 813. The van der Waals surface area contributed by atoms with Crippen molar-refractivity contribution in [3.63, 3.8) is 0 Å². The summed E-state index contributed by atoms with van der Waals surface area (Å²) in [6.45, 7) is 4.14.